The summed E-state index contributed by atoms with van der Waals surface area (Å²) in [5, 5.41) is 43.7. The SMILES string of the molecule is O=C(Nc1ccc(Cl)c(Cl)c1)N[C@H]1C(O)O[C@H](CO)[C@@H](O)[C@@H]1O. The summed E-state index contributed by atoms with van der Waals surface area (Å²) in [7, 11) is 0. The third-order valence-electron chi connectivity index (χ3n) is 3.38. The lowest BCUT2D eigenvalue weighted by molar-refractivity contribution is -0.252. The normalized spacial score (nSPS) is 30.8. The third-order valence-corrected chi connectivity index (χ3v) is 4.11. The van der Waals surface area contributed by atoms with E-state index in [0.29, 0.717) is 10.7 Å². The number of hydrogen-bond donors (Lipinski definition) is 6. The Kier molecular flexibility index (Phi) is 6.04. The minimum atomic E-state index is -1.59. The van der Waals surface area contributed by atoms with Gasteiger partial charge in [-0.15, -0.1) is 0 Å². The van der Waals surface area contributed by atoms with Gasteiger partial charge in [-0.1, -0.05) is 23.2 Å². The number of aliphatic hydroxyl groups excluding tert-OH is 4. The average Bonchev–Trinajstić information content (AvgIpc) is 2.51. The fraction of sp³-hybridized carbons (Fsp3) is 0.462. The van der Waals surface area contributed by atoms with Gasteiger partial charge in [0.2, 0.25) is 0 Å². The Bertz CT molecular complexity index is 575. The van der Waals surface area contributed by atoms with Crippen LogP contribution in [-0.4, -0.2) is 63.7 Å². The molecular formula is C13H16Cl2N2O6. The van der Waals surface area contributed by atoms with Crippen molar-refractivity contribution in [2.24, 2.45) is 0 Å². The molecule has 1 aliphatic heterocycles. The number of halogens is 2. The number of urea groups is 1. The first-order valence-electron chi connectivity index (χ1n) is 6.66. The predicted octanol–water partition coefficient (Wildman–Crippen LogP) is -0.0852. The van der Waals surface area contributed by atoms with Crippen molar-refractivity contribution in [3.8, 4) is 0 Å². The zero-order valence-electron chi connectivity index (χ0n) is 11.7. The number of ether oxygens (including phenoxy) is 1. The standard InChI is InChI=1S/C13H16Cl2N2O6/c14-6-2-1-5(3-7(6)15)16-13(22)17-9-11(20)10(19)8(4-18)23-12(9)21/h1-3,8-12,18-21H,4H2,(H2,16,17,22)/t8-,9-,10-,11-,12?/m1/s1. The molecular weight excluding hydrogens is 351 g/mol. The van der Waals surface area contributed by atoms with E-state index in [1.165, 1.54) is 18.2 Å². The molecule has 0 aromatic heterocycles. The molecule has 128 valence electrons. The van der Waals surface area contributed by atoms with Crippen molar-refractivity contribution >= 4 is 34.9 Å². The molecule has 2 rings (SSSR count). The van der Waals surface area contributed by atoms with E-state index in [1.54, 1.807) is 0 Å². The lowest BCUT2D eigenvalue weighted by Gasteiger charge is -2.40. The van der Waals surface area contributed by atoms with E-state index in [9.17, 15) is 20.1 Å². The summed E-state index contributed by atoms with van der Waals surface area (Å²) in [6.07, 6.45) is -5.71. The molecule has 2 amide bonds. The van der Waals surface area contributed by atoms with E-state index in [-0.39, 0.29) is 5.02 Å². The quantitative estimate of drug-likeness (QED) is 0.443. The minimum absolute atomic E-state index is 0.242. The van der Waals surface area contributed by atoms with Crippen molar-refractivity contribution in [1.82, 2.24) is 5.32 Å². The van der Waals surface area contributed by atoms with E-state index < -0.39 is 43.3 Å². The Morgan fingerprint density at radius 1 is 1.17 bits per heavy atom. The molecule has 1 saturated heterocycles. The summed E-state index contributed by atoms with van der Waals surface area (Å²) < 4.78 is 4.93. The van der Waals surface area contributed by atoms with Crippen molar-refractivity contribution in [3.63, 3.8) is 0 Å². The van der Waals surface area contributed by atoms with Crippen LogP contribution in [0.15, 0.2) is 18.2 Å². The van der Waals surface area contributed by atoms with Gasteiger partial charge in [-0.3, -0.25) is 0 Å². The summed E-state index contributed by atoms with van der Waals surface area (Å²) >= 11 is 11.6. The lowest BCUT2D eigenvalue weighted by Crippen LogP contribution is -2.64. The molecule has 0 spiro atoms. The number of amides is 2. The van der Waals surface area contributed by atoms with Crippen LogP contribution in [0.2, 0.25) is 10.0 Å². The number of carbonyl (C=O) groups excluding carboxylic acids is 1. The maximum atomic E-state index is 11.9. The Morgan fingerprint density at radius 3 is 2.48 bits per heavy atom. The van der Waals surface area contributed by atoms with Gasteiger partial charge in [-0.2, -0.15) is 0 Å². The molecule has 1 aromatic carbocycles. The molecule has 5 atom stereocenters. The predicted molar refractivity (Wildman–Crippen MR) is 82.4 cm³/mol. The van der Waals surface area contributed by atoms with Gasteiger partial charge in [0.25, 0.3) is 0 Å². The van der Waals surface area contributed by atoms with E-state index in [2.05, 4.69) is 10.6 Å². The van der Waals surface area contributed by atoms with E-state index >= 15 is 0 Å². The maximum absolute atomic E-state index is 11.9. The van der Waals surface area contributed by atoms with Crippen LogP contribution in [0.5, 0.6) is 0 Å². The smallest absolute Gasteiger partial charge is 0.319 e. The highest BCUT2D eigenvalue weighted by Gasteiger charge is 2.44. The molecule has 0 radical (unpaired) electrons. The lowest BCUT2D eigenvalue weighted by atomic mass is 9.97. The Morgan fingerprint density at radius 2 is 1.87 bits per heavy atom. The molecule has 1 aromatic rings. The first-order chi connectivity index (χ1) is 10.8. The van der Waals surface area contributed by atoms with E-state index in [4.69, 9.17) is 33.0 Å². The van der Waals surface area contributed by atoms with Crippen LogP contribution in [0.25, 0.3) is 0 Å². The van der Waals surface area contributed by atoms with Crippen LogP contribution in [-0.2, 0) is 4.74 Å². The first-order valence-corrected chi connectivity index (χ1v) is 7.42. The fourth-order valence-electron chi connectivity index (χ4n) is 2.15. The number of hydrogen-bond acceptors (Lipinski definition) is 6. The molecule has 0 saturated carbocycles. The second-order valence-electron chi connectivity index (χ2n) is 4.98. The van der Waals surface area contributed by atoms with Crippen molar-refractivity contribution in [3.05, 3.63) is 28.2 Å². The molecule has 0 bridgehead atoms. The Labute approximate surface area is 141 Å². The van der Waals surface area contributed by atoms with Gasteiger partial charge in [0.1, 0.15) is 24.4 Å². The second-order valence-corrected chi connectivity index (χ2v) is 5.80. The Balaban J connectivity index is 2.00. The maximum Gasteiger partial charge on any atom is 0.319 e. The Hall–Kier alpha value is -1.13. The van der Waals surface area contributed by atoms with Crippen LogP contribution < -0.4 is 10.6 Å². The van der Waals surface area contributed by atoms with Crippen molar-refractivity contribution in [2.45, 2.75) is 30.6 Å². The van der Waals surface area contributed by atoms with Crippen LogP contribution in [0.3, 0.4) is 0 Å². The van der Waals surface area contributed by atoms with E-state index in [1.807, 2.05) is 0 Å². The van der Waals surface area contributed by atoms with Gasteiger partial charge in [-0.05, 0) is 18.2 Å². The highest BCUT2D eigenvalue weighted by Crippen LogP contribution is 2.25. The number of rotatable bonds is 3. The summed E-state index contributed by atoms with van der Waals surface area (Å²) in [6.45, 7) is -0.586. The van der Waals surface area contributed by atoms with Gasteiger partial charge in [0.05, 0.1) is 16.7 Å². The van der Waals surface area contributed by atoms with Crippen LogP contribution >= 0.6 is 23.2 Å². The molecule has 1 fully saturated rings. The highest BCUT2D eigenvalue weighted by atomic mass is 35.5. The molecule has 6 N–H and O–H groups in total. The van der Waals surface area contributed by atoms with Crippen LogP contribution in [0.1, 0.15) is 0 Å². The van der Waals surface area contributed by atoms with Crippen molar-refractivity contribution in [2.75, 3.05) is 11.9 Å². The zero-order chi connectivity index (χ0) is 17.1. The van der Waals surface area contributed by atoms with Gasteiger partial charge < -0.3 is 35.8 Å². The molecule has 8 nitrogen and oxygen atoms in total. The molecule has 23 heavy (non-hydrogen) atoms. The van der Waals surface area contributed by atoms with Gasteiger partial charge in [0, 0.05) is 5.69 Å². The number of benzene rings is 1. The number of anilines is 1. The van der Waals surface area contributed by atoms with Gasteiger partial charge in [-0.25, -0.2) is 4.79 Å². The second kappa shape index (κ2) is 7.63. The number of aliphatic hydroxyl groups is 4. The third kappa shape index (κ3) is 4.24. The zero-order valence-corrected chi connectivity index (χ0v) is 13.2. The highest BCUT2D eigenvalue weighted by molar-refractivity contribution is 6.42. The van der Waals surface area contributed by atoms with Gasteiger partial charge in [0.15, 0.2) is 6.29 Å². The van der Waals surface area contributed by atoms with Crippen LogP contribution in [0, 0.1) is 0 Å². The van der Waals surface area contributed by atoms with Crippen LogP contribution in [0.4, 0.5) is 10.5 Å². The van der Waals surface area contributed by atoms with Crippen molar-refractivity contribution in [1.29, 1.82) is 0 Å². The minimum Gasteiger partial charge on any atom is -0.394 e. The van der Waals surface area contributed by atoms with E-state index in [0.717, 1.165) is 0 Å². The summed E-state index contributed by atoms with van der Waals surface area (Å²) in [5.74, 6) is 0. The average molecular weight is 367 g/mol. The summed E-state index contributed by atoms with van der Waals surface area (Å²) in [4.78, 5) is 11.9. The fourth-order valence-corrected chi connectivity index (χ4v) is 2.44. The first kappa shape index (κ1) is 18.2. The molecule has 1 unspecified atom stereocenters. The van der Waals surface area contributed by atoms with Crippen molar-refractivity contribution < 1.29 is 30.0 Å². The molecule has 0 aliphatic carbocycles. The van der Waals surface area contributed by atoms with Gasteiger partial charge >= 0.3 is 6.03 Å². The summed E-state index contributed by atoms with van der Waals surface area (Å²) in [5.41, 5.74) is 0.339. The molecule has 1 heterocycles. The monoisotopic (exact) mass is 366 g/mol. The molecule has 1 aliphatic rings. The number of carbonyl (C=O) groups is 1. The largest absolute Gasteiger partial charge is 0.394 e. The summed E-state index contributed by atoms with van der Waals surface area (Å²) in [6, 6.07) is 2.38. The molecule has 10 heteroatoms. The topological polar surface area (TPSA) is 131 Å². The number of nitrogens with one attached hydrogen (secondary N) is 2.